The second-order valence-electron chi connectivity index (χ2n) is 6.20. The van der Waals surface area contributed by atoms with Crippen molar-refractivity contribution in [1.82, 2.24) is 9.97 Å². The van der Waals surface area contributed by atoms with Crippen LogP contribution in [0.1, 0.15) is 48.7 Å². The molecule has 0 radical (unpaired) electrons. The highest BCUT2D eigenvalue weighted by atomic mass is 35.5. The van der Waals surface area contributed by atoms with E-state index in [1.165, 1.54) is 11.1 Å². The largest absolute Gasteiger partial charge is 0.507 e. The molecule has 2 rings (SSSR count). The zero-order valence-corrected chi connectivity index (χ0v) is 13.6. The van der Waals surface area contributed by atoms with Crippen LogP contribution in [0.25, 0.3) is 0 Å². The molecule has 4 heteroatoms. The van der Waals surface area contributed by atoms with E-state index in [9.17, 15) is 5.11 Å². The number of hydrogen-bond donors (Lipinski definition) is 2. The van der Waals surface area contributed by atoms with Gasteiger partial charge < -0.3 is 10.1 Å². The number of nitrogens with zero attached hydrogens (tertiary/aromatic N) is 1. The molecule has 0 saturated carbocycles. The molecule has 2 N–H and O–H groups in total. The number of benzene rings is 1. The number of aromatic amines is 1. The van der Waals surface area contributed by atoms with Gasteiger partial charge in [0.25, 0.3) is 0 Å². The van der Waals surface area contributed by atoms with Crippen LogP contribution in [0, 0.1) is 13.8 Å². The van der Waals surface area contributed by atoms with E-state index in [4.69, 9.17) is 0 Å². The minimum Gasteiger partial charge on any atom is -0.507 e. The molecule has 1 aromatic carbocycles. The van der Waals surface area contributed by atoms with Gasteiger partial charge in [-0.05, 0) is 41.5 Å². The van der Waals surface area contributed by atoms with Gasteiger partial charge in [-0.3, -0.25) is 0 Å². The summed E-state index contributed by atoms with van der Waals surface area (Å²) in [6.45, 7) is 10.5. The van der Waals surface area contributed by atoms with E-state index in [-0.39, 0.29) is 17.8 Å². The summed E-state index contributed by atoms with van der Waals surface area (Å²) in [5.41, 5.74) is 5.39. The lowest BCUT2D eigenvalue weighted by Gasteiger charge is -2.24. The number of imidazole rings is 1. The van der Waals surface area contributed by atoms with Crippen molar-refractivity contribution in [3.8, 4) is 5.75 Å². The number of aromatic hydroxyl groups is 1. The molecule has 0 atom stereocenters. The Kier molecular flexibility index (Phi) is 4.87. The lowest BCUT2D eigenvalue weighted by atomic mass is 9.82. The molecule has 0 saturated heterocycles. The average Bonchev–Trinajstić information content (AvgIpc) is 2.80. The highest BCUT2D eigenvalue weighted by Gasteiger charge is 2.22. The monoisotopic (exact) mass is 294 g/mol. The summed E-state index contributed by atoms with van der Waals surface area (Å²) < 4.78 is 0. The average molecular weight is 295 g/mol. The van der Waals surface area contributed by atoms with E-state index in [2.05, 4.69) is 43.7 Å². The van der Waals surface area contributed by atoms with Gasteiger partial charge in [-0.15, -0.1) is 12.4 Å². The third-order valence-corrected chi connectivity index (χ3v) is 3.63. The van der Waals surface area contributed by atoms with Crippen molar-refractivity contribution in [2.45, 2.75) is 46.5 Å². The Morgan fingerprint density at radius 2 is 1.90 bits per heavy atom. The van der Waals surface area contributed by atoms with Crippen LogP contribution >= 0.6 is 12.4 Å². The van der Waals surface area contributed by atoms with Gasteiger partial charge in [0.05, 0.1) is 6.33 Å². The Bertz CT molecular complexity index is 584. The van der Waals surface area contributed by atoms with Crippen LogP contribution in [0.15, 0.2) is 18.6 Å². The summed E-state index contributed by atoms with van der Waals surface area (Å²) in [4.78, 5) is 7.15. The molecular formula is C16H23ClN2O. The molecular weight excluding hydrogens is 272 g/mol. The van der Waals surface area contributed by atoms with Gasteiger partial charge in [0.15, 0.2) is 0 Å². The van der Waals surface area contributed by atoms with Crippen molar-refractivity contribution in [1.29, 1.82) is 0 Å². The molecule has 3 nitrogen and oxygen atoms in total. The summed E-state index contributed by atoms with van der Waals surface area (Å²) in [5.74, 6) is 0.424. The highest BCUT2D eigenvalue weighted by Crippen LogP contribution is 2.36. The van der Waals surface area contributed by atoms with Gasteiger partial charge in [-0.1, -0.05) is 26.8 Å². The summed E-state index contributed by atoms with van der Waals surface area (Å²) in [7, 11) is 0. The number of hydrogen-bond acceptors (Lipinski definition) is 2. The van der Waals surface area contributed by atoms with Crippen LogP contribution in [0.5, 0.6) is 5.75 Å². The Balaban J connectivity index is 0.00000200. The van der Waals surface area contributed by atoms with Crippen molar-refractivity contribution in [2.24, 2.45) is 0 Å². The standard InChI is InChI=1S/C16H22N2O.ClH/c1-10-6-14(16(3,4)5)15(19)11(2)13(10)7-12-8-17-9-18-12;/h6,8-9,19H,7H2,1-5H3,(H,17,18);1H. The molecule has 0 bridgehead atoms. The maximum Gasteiger partial charge on any atom is 0.122 e. The van der Waals surface area contributed by atoms with Crippen molar-refractivity contribution in [2.75, 3.05) is 0 Å². The van der Waals surface area contributed by atoms with Crippen molar-refractivity contribution in [3.05, 3.63) is 46.5 Å². The smallest absolute Gasteiger partial charge is 0.122 e. The van der Waals surface area contributed by atoms with E-state index < -0.39 is 0 Å². The minimum atomic E-state index is -0.0495. The number of halogens is 1. The fourth-order valence-electron chi connectivity index (χ4n) is 2.43. The van der Waals surface area contributed by atoms with E-state index in [0.29, 0.717) is 5.75 Å². The molecule has 20 heavy (non-hydrogen) atoms. The molecule has 0 aliphatic carbocycles. The van der Waals surface area contributed by atoms with Crippen molar-refractivity contribution >= 4 is 12.4 Å². The molecule has 0 spiro atoms. The van der Waals surface area contributed by atoms with Gasteiger partial charge >= 0.3 is 0 Å². The minimum absolute atomic E-state index is 0. The maximum atomic E-state index is 10.4. The molecule has 1 heterocycles. The lowest BCUT2D eigenvalue weighted by Crippen LogP contribution is -2.13. The first kappa shape index (κ1) is 16.6. The normalized spacial score (nSPS) is 11.2. The Hall–Kier alpha value is -1.48. The maximum absolute atomic E-state index is 10.4. The SMILES string of the molecule is Cc1cc(C(C)(C)C)c(O)c(C)c1Cc1cnc[nH]1.Cl. The summed E-state index contributed by atoms with van der Waals surface area (Å²) >= 11 is 0. The molecule has 0 unspecified atom stereocenters. The predicted octanol–water partition coefficient (Wildman–Crippen LogP) is 4.04. The van der Waals surface area contributed by atoms with E-state index >= 15 is 0 Å². The van der Waals surface area contributed by atoms with E-state index in [1.807, 2.05) is 13.1 Å². The van der Waals surface area contributed by atoms with Gasteiger partial charge in [0.2, 0.25) is 0 Å². The van der Waals surface area contributed by atoms with Gasteiger partial charge in [-0.2, -0.15) is 0 Å². The second kappa shape index (κ2) is 5.88. The zero-order chi connectivity index (χ0) is 14.2. The lowest BCUT2D eigenvalue weighted by molar-refractivity contribution is 0.441. The molecule has 2 aromatic rings. The number of aromatic nitrogens is 2. The quantitative estimate of drug-likeness (QED) is 0.878. The van der Waals surface area contributed by atoms with Crippen LogP contribution in [-0.2, 0) is 11.8 Å². The second-order valence-corrected chi connectivity index (χ2v) is 6.20. The van der Waals surface area contributed by atoms with Gasteiger partial charge in [0, 0.05) is 18.3 Å². The summed E-state index contributed by atoms with van der Waals surface area (Å²) in [5, 5.41) is 10.4. The Labute approximate surface area is 126 Å². The third-order valence-electron chi connectivity index (χ3n) is 3.63. The Morgan fingerprint density at radius 3 is 2.40 bits per heavy atom. The molecule has 110 valence electrons. The van der Waals surface area contributed by atoms with Crippen LogP contribution in [0.4, 0.5) is 0 Å². The number of rotatable bonds is 2. The van der Waals surface area contributed by atoms with E-state index in [0.717, 1.165) is 23.2 Å². The summed E-state index contributed by atoms with van der Waals surface area (Å²) in [6.07, 6.45) is 4.28. The first-order valence-corrected chi connectivity index (χ1v) is 6.60. The first-order chi connectivity index (χ1) is 8.80. The van der Waals surface area contributed by atoms with Crippen LogP contribution in [0.3, 0.4) is 0 Å². The molecule has 0 fully saturated rings. The topological polar surface area (TPSA) is 48.9 Å². The van der Waals surface area contributed by atoms with Gasteiger partial charge in [0.1, 0.15) is 5.75 Å². The van der Waals surface area contributed by atoms with E-state index in [1.54, 1.807) is 6.33 Å². The van der Waals surface area contributed by atoms with Crippen LogP contribution < -0.4 is 0 Å². The number of nitrogens with one attached hydrogen (secondary N) is 1. The summed E-state index contributed by atoms with van der Waals surface area (Å²) in [6, 6.07) is 2.11. The number of aryl methyl sites for hydroxylation is 1. The highest BCUT2D eigenvalue weighted by molar-refractivity contribution is 5.85. The number of phenolic OH excluding ortho intramolecular Hbond substituents is 1. The fraction of sp³-hybridized carbons (Fsp3) is 0.438. The van der Waals surface area contributed by atoms with Crippen molar-refractivity contribution < 1.29 is 5.11 Å². The number of H-pyrrole nitrogens is 1. The third kappa shape index (κ3) is 3.15. The Morgan fingerprint density at radius 1 is 1.25 bits per heavy atom. The zero-order valence-electron chi connectivity index (χ0n) is 12.7. The molecule has 0 amide bonds. The van der Waals surface area contributed by atoms with Gasteiger partial charge in [-0.25, -0.2) is 4.98 Å². The molecule has 0 aliphatic heterocycles. The number of phenols is 1. The fourth-order valence-corrected chi connectivity index (χ4v) is 2.43. The predicted molar refractivity (Wildman–Crippen MR) is 84.9 cm³/mol. The molecule has 1 aromatic heterocycles. The van der Waals surface area contributed by atoms with Crippen LogP contribution in [0.2, 0.25) is 0 Å². The van der Waals surface area contributed by atoms with Crippen LogP contribution in [-0.4, -0.2) is 15.1 Å². The first-order valence-electron chi connectivity index (χ1n) is 6.60. The molecule has 0 aliphatic rings. The van der Waals surface area contributed by atoms with Crippen molar-refractivity contribution in [3.63, 3.8) is 0 Å².